The monoisotopic (exact) mass is 460 g/mol. The molecule has 0 fully saturated rings. The highest BCUT2D eigenvalue weighted by atomic mass is 32.2. The first-order valence-electron chi connectivity index (χ1n) is 10.5. The first-order valence-corrected chi connectivity index (χ1v) is 12.3. The quantitative estimate of drug-likeness (QED) is 0.753. The third kappa shape index (κ3) is 4.62. The summed E-state index contributed by atoms with van der Waals surface area (Å²) in [6.45, 7) is 6.56. The van der Waals surface area contributed by atoms with Gasteiger partial charge in [0.15, 0.2) is 17.6 Å². The Morgan fingerprint density at radius 1 is 1.09 bits per heavy atom. The third-order valence-electron chi connectivity index (χ3n) is 5.46. The number of nitrogens with one attached hydrogen (secondary N) is 1. The standard InChI is InChI=1S/C23H28N2O6S/c1-23(2,3)15-9-10-18-17(11-15)25(32(4,27)28)13-21(31-18)22(26)24-12-16-14-29-19-7-5-6-8-20(19)30-16/h5-11,16,21H,12-14H2,1-4H3,(H,24,26)/t16-,21-/m1/s1. The molecule has 2 atom stereocenters. The number of carbonyl (C=O) groups excluding carboxylic acids is 1. The molecule has 9 heteroatoms. The molecule has 8 nitrogen and oxygen atoms in total. The maximum atomic E-state index is 12.8. The van der Waals surface area contributed by atoms with Crippen LogP contribution in [0.15, 0.2) is 42.5 Å². The van der Waals surface area contributed by atoms with Crippen LogP contribution in [-0.2, 0) is 20.2 Å². The number of nitrogens with zero attached hydrogens (tertiary/aromatic N) is 1. The molecule has 0 radical (unpaired) electrons. The van der Waals surface area contributed by atoms with Crippen molar-refractivity contribution in [2.24, 2.45) is 0 Å². The Kier molecular flexibility index (Phi) is 5.70. The maximum absolute atomic E-state index is 12.8. The van der Waals surface area contributed by atoms with Crippen molar-refractivity contribution in [3.63, 3.8) is 0 Å². The highest BCUT2D eigenvalue weighted by molar-refractivity contribution is 7.92. The van der Waals surface area contributed by atoms with Crippen LogP contribution >= 0.6 is 0 Å². The third-order valence-corrected chi connectivity index (χ3v) is 6.61. The van der Waals surface area contributed by atoms with Crippen LogP contribution in [0.5, 0.6) is 17.2 Å². The molecule has 0 unspecified atom stereocenters. The fourth-order valence-corrected chi connectivity index (χ4v) is 4.57. The topological polar surface area (TPSA) is 94.2 Å². The summed E-state index contributed by atoms with van der Waals surface area (Å²) in [4.78, 5) is 12.8. The Bertz CT molecular complexity index is 1130. The van der Waals surface area contributed by atoms with Crippen LogP contribution in [-0.4, -0.2) is 52.5 Å². The Labute approximate surface area is 188 Å². The number of sulfonamides is 1. The fourth-order valence-electron chi connectivity index (χ4n) is 3.66. The first-order chi connectivity index (χ1) is 15.0. The number of carbonyl (C=O) groups is 1. The van der Waals surface area contributed by atoms with Crippen molar-refractivity contribution >= 4 is 21.6 Å². The van der Waals surface area contributed by atoms with Gasteiger partial charge in [0.25, 0.3) is 5.91 Å². The van der Waals surface area contributed by atoms with E-state index in [1.807, 2.05) is 30.3 Å². The minimum atomic E-state index is -3.61. The van der Waals surface area contributed by atoms with E-state index in [0.717, 1.165) is 11.8 Å². The summed E-state index contributed by atoms with van der Waals surface area (Å²) in [7, 11) is -3.61. The molecule has 32 heavy (non-hydrogen) atoms. The molecule has 4 rings (SSSR count). The number of fused-ring (bicyclic) bond motifs is 2. The molecule has 2 aliphatic rings. The summed E-state index contributed by atoms with van der Waals surface area (Å²) in [6, 6.07) is 12.8. The summed E-state index contributed by atoms with van der Waals surface area (Å²) in [5.74, 6) is 1.24. The van der Waals surface area contributed by atoms with Gasteiger partial charge in [-0.05, 0) is 35.2 Å². The van der Waals surface area contributed by atoms with Gasteiger partial charge in [-0.3, -0.25) is 9.10 Å². The van der Waals surface area contributed by atoms with Crippen molar-refractivity contribution in [3.05, 3.63) is 48.0 Å². The molecule has 0 saturated heterocycles. The molecule has 0 bridgehead atoms. The molecule has 0 spiro atoms. The second-order valence-corrected chi connectivity index (χ2v) is 11.0. The summed E-state index contributed by atoms with van der Waals surface area (Å²) >= 11 is 0. The fraction of sp³-hybridized carbons (Fsp3) is 0.435. The number of ether oxygens (including phenoxy) is 3. The van der Waals surface area contributed by atoms with E-state index in [1.54, 1.807) is 12.1 Å². The summed E-state index contributed by atoms with van der Waals surface area (Å²) in [5.41, 5.74) is 1.27. The summed E-state index contributed by atoms with van der Waals surface area (Å²) in [5, 5.41) is 2.80. The molecular weight excluding hydrogens is 432 g/mol. The largest absolute Gasteiger partial charge is 0.486 e. The van der Waals surface area contributed by atoms with E-state index >= 15 is 0 Å². The van der Waals surface area contributed by atoms with Crippen molar-refractivity contribution < 1.29 is 27.4 Å². The maximum Gasteiger partial charge on any atom is 0.263 e. The Morgan fingerprint density at radius 2 is 1.81 bits per heavy atom. The van der Waals surface area contributed by atoms with Crippen LogP contribution in [0.25, 0.3) is 0 Å². The number of benzene rings is 2. The van der Waals surface area contributed by atoms with Crippen LogP contribution in [0.1, 0.15) is 26.3 Å². The van der Waals surface area contributed by atoms with Crippen molar-refractivity contribution in [1.82, 2.24) is 5.32 Å². The molecule has 2 heterocycles. The lowest BCUT2D eigenvalue weighted by atomic mass is 9.86. The predicted octanol–water partition coefficient (Wildman–Crippen LogP) is 2.47. The molecule has 2 aromatic rings. The van der Waals surface area contributed by atoms with Crippen molar-refractivity contribution in [2.45, 2.75) is 38.4 Å². The van der Waals surface area contributed by atoms with Gasteiger partial charge in [-0.2, -0.15) is 0 Å². The van der Waals surface area contributed by atoms with Gasteiger partial charge in [-0.25, -0.2) is 8.42 Å². The average molecular weight is 461 g/mol. The van der Waals surface area contributed by atoms with Crippen LogP contribution in [0, 0.1) is 0 Å². The minimum Gasteiger partial charge on any atom is -0.486 e. The number of amides is 1. The molecule has 0 aromatic heterocycles. The van der Waals surface area contributed by atoms with Gasteiger partial charge in [0.2, 0.25) is 10.0 Å². The van der Waals surface area contributed by atoms with E-state index in [9.17, 15) is 13.2 Å². The molecule has 1 N–H and O–H groups in total. The number of hydrogen-bond donors (Lipinski definition) is 1. The molecule has 0 aliphatic carbocycles. The lowest BCUT2D eigenvalue weighted by Gasteiger charge is -2.35. The lowest BCUT2D eigenvalue weighted by molar-refractivity contribution is -0.128. The van der Waals surface area contributed by atoms with Gasteiger partial charge in [0, 0.05) is 0 Å². The Balaban J connectivity index is 1.47. The lowest BCUT2D eigenvalue weighted by Crippen LogP contribution is -2.52. The van der Waals surface area contributed by atoms with Gasteiger partial charge in [-0.1, -0.05) is 39.0 Å². The molecular formula is C23H28N2O6S. The number of rotatable bonds is 4. The predicted molar refractivity (Wildman–Crippen MR) is 121 cm³/mol. The number of anilines is 1. The zero-order valence-electron chi connectivity index (χ0n) is 18.6. The zero-order valence-corrected chi connectivity index (χ0v) is 19.4. The van der Waals surface area contributed by atoms with Crippen molar-refractivity contribution in [2.75, 3.05) is 30.3 Å². The van der Waals surface area contributed by atoms with Crippen molar-refractivity contribution in [1.29, 1.82) is 0 Å². The van der Waals surface area contributed by atoms with Crippen LogP contribution in [0.2, 0.25) is 0 Å². The molecule has 0 saturated carbocycles. The van der Waals surface area contributed by atoms with Gasteiger partial charge in [0.1, 0.15) is 18.5 Å². The van der Waals surface area contributed by atoms with Crippen LogP contribution in [0.3, 0.4) is 0 Å². The van der Waals surface area contributed by atoms with Crippen LogP contribution < -0.4 is 23.8 Å². The second kappa shape index (κ2) is 8.20. The molecule has 2 aliphatic heterocycles. The highest BCUT2D eigenvalue weighted by Gasteiger charge is 2.36. The van der Waals surface area contributed by atoms with E-state index in [0.29, 0.717) is 29.5 Å². The molecule has 1 amide bonds. The summed E-state index contributed by atoms with van der Waals surface area (Å²) < 4.78 is 43.7. The average Bonchev–Trinajstić information content (AvgIpc) is 2.74. The number of para-hydroxylation sites is 2. The first kappa shape index (κ1) is 22.3. The van der Waals surface area contributed by atoms with Crippen LogP contribution in [0.4, 0.5) is 5.69 Å². The normalized spacial score (nSPS) is 20.2. The van der Waals surface area contributed by atoms with Crippen molar-refractivity contribution in [3.8, 4) is 17.2 Å². The molecule has 172 valence electrons. The molecule has 2 aromatic carbocycles. The van der Waals surface area contributed by atoms with Gasteiger partial charge >= 0.3 is 0 Å². The van der Waals surface area contributed by atoms with E-state index in [-0.39, 0.29) is 24.6 Å². The zero-order chi connectivity index (χ0) is 23.1. The summed E-state index contributed by atoms with van der Waals surface area (Å²) in [6.07, 6.45) is -0.203. The van der Waals surface area contributed by atoms with Gasteiger partial charge in [0.05, 0.1) is 25.0 Å². The minimum absolute atomic E-state index is 0.101. The van der Waals surface area contributed by atoms with E-state index in [1.165, 1.54) is 4.31 Å². The second-order valence-electron chi connectivity index (χ2n) is 9.08. The van der Waals surface area contributed by atoms with Gasteiger partial charge < -0.3 is 19.5 Å². The highest BCUT2D eigenvalue weighted by Crippen LogP contribution is 2.38. The van der Waals surface area contributed by atoms with E-state index < -0.39 is 22.0 Å². The smallest absolute Gasteiger partial charge is 0.263 e. The Hall–Kier alpha value is -2.94. The van der Waals surface area contributed by atoms with Gasteiger partial charge in [-0.15, -0.1) is 0 Å². The van der Waals surface area contributed by atoms with E-state index in [4.69, 9.17) is 14.2 Å². The SMILES string of the molecule is CC(C)(C)c1ccc2c(c1)N(S(C)(=O)=O)C[C@H](C(=O)NC[C@@H]1COc3ccccc3O1)O2. The number of hydrogen-bond acceptors (Lipinski definition) is 6. The Morgan fingerprint density at radius 3 is 2.50 bits per heavy atom. The van der Waals surface area contributed by atoms with E-state index in [2.05, 4.69) is 26.1 Å².